The standard InChI is InChI=1S/C14H21NO3/c1-4-15-10-12-6-8-13(9-7-12)18-11(3)14(16)17-5-2/h6-9,11,15H,4-5,10H2,1-3H3. The first-order valence-electron chi connectivity index (χ1n) is 6.30. The van der Waals surface area contributed by atoms with E-state index in [1.54, 1.807) is 13.8 Å². The summed E-state index contributed by atoms with van der Waals surface area (Å²) in [5.41, 5.74) is 1.19. The lowest BCUT2D eigenvalue weighted by molar-refractivity contribution is -0.150. The van der Waals surface area contributed by atoms with Crippen molar-refractivity contribution in [1.82, 2.24) is 5.32 Å². The first-order valence-corrected chi connectivity index (χ1v) is 6.30. The van der Waals surface area contributed by atoms with Gasteiger partial charge in [0.05, 0.1) is 6.61 Å². The monoisotopic (exact) mass is 251 g/mol. The maximum absolute atomic E-state index is 11.4. The summed E-state index contributed by atoms with van der Waals surface area (Å²) < 4.78 is 10.4. The van der Waals surface area contributed by atoms with Gasteiger partial charge < -0.3 is 14.8 Å². The summed E-state index contributed by atoms with van der Waals surface area (Å²) in [6, 6.07) is 7.69. The molecule has 0 spiro atoms. The number of hydrogen-bond acceptors (Lipinski definition) is 4. The van der Waals surface area contributed by atoms with Crippen molar-refractivity contribution in [2.24, 2.45) is 0 Å². The topological polar surface area (TPSA) is 47.6 Å². The second-order valence-electron chi connectivity index (χ2n) is 3.94. The Balaban J connectivity index is 2.50. The molecule has 18 heavy (non-hydrogen) atoms. The summed E-state index contributed by atoms with van der Waals surface area (Å²) in [4.78, 5) is 11.4. The van der Waals surface area contributed by atoms with Gasteiger partial charge in [-0.3, -0.25) is 0 Å². The number of carbonyl (C=O) groups excluding carboxylic acids is 1. The smallest absolute Gasteiger partial charge is 0.347 e. The average molecular weight is 251 g/mol. The van der Waals surface area contributed by atoms with Gasteiger partial charge in [0.15, 0.2) is 6.10 Å². The highest BCUT2D eigenvalue weighted by Crippen LogP contribution is 2.14. The molecular formula is C14H21NO3. The van der Waals surface area contributed by atoms with Gasteiger partial charge in [0.1, 0.15) is 5.75 Å². The highest BCUT2D eigenvalue weighted by molar-refractivity contribution is 5.74. The van der Waals surface area contributed by atoms with Crippen molar-refractivity contribution in [1.29, 1.82) is 0 Å². The fraction of sp³-hybridized carbons (Fsp3) is 0.500. The van der Waals surface area contributed by atoms with Gasteiger partial charge in [-0.1, -0.05) is 19.1 Å². The minimum absolute atomic E-state index is 0.339. The number of benzene rings is 1. The number of nitrogens with one attached hydrogen (secondary N) is 1. The molecule has 4 heteroatoms. The lowest BCUT2D eigenvalue weighted by Crippen LogP contribution is -2.26. The third kappa shape index (κ3) is 4.75. The van der Waals surface area contributed by atoms with E-state index in [0.29, 0.717) is 12.4 Å². The van der Waals surface area contributed by atoms with Crippen LogP contribution in [0.25, 0.3) is 0 Å². The van der Waals surface area contributed by atoms with E-state index in [-0.39, 0.29) is 5.97 Å². The Bertz CT molecular complexity index is 362. The van der Waals surface area contributed by atoms with Crippen molar-refractivity contribution in [3.63, 3.8) is 0 Å². The fourth-order valence-electron chi connectivity index (χ4n) is 1.47. The van der Waals surface area contributed by atoms with Crippen LogP contribution >= 0.6 is 0 Å². The quantitative estimate of drug-likeness (QED) is 0.754. The predicted molar refractivity (Wildman–Crippen MR) is 70.5 cm³/mol. The molecule has 0 radical (unpaired) electrons. The molecule has 0 saturated carbocycles. The Morgan fingerprint density at radius 1 is 1.28 bits per heavy atom. The van der Waals surface area contributed by atoms with Crippen molar-refractivity contribution in [3.05, 3.63) is 29.8 Å². The number of hydrogen-bond donors (Lipinski definition) is 1. The minimum atomic E-state index is -0.579. The Kier molecular flexibility index (Phi) is 6.22. The molecular weight excluding hydrogens is 230 g/mol. The molecule has 0 aliphatic carbocycles. The van der Waals surface area contributed by atoms with E-state index in [1.165, 1.54) is 5.56 Å². The first-order chi connectivity index (χ1) is 8.67. The van der Waals surface area contributed by atoms with Crippen molar-refractivity contribution in [2.45, 2.75) is 33.4 Å². The van der Waals surface area contributed by atoms with E-state index in [4.69, 9.17) is 9.47 Å². The SMILES string of the molecule is CCNCc1ccc(OC(C)C(=O)OCC)cc1. The van der Waals surface area contributed by atoms with E-state index >= 15 is 0 Å². The van der Waals surface area contributed by atoms with E-state index in [9.17, 15) is 4.79 Å². The van der Waals surface area contributed by atoms with Crippen LogP contribution in [0.3, 0.4) is 0 Å². The van der Waals surface area contributed by atoms with Crippen LogP contribution in [0.4, 0.5) is 0 Å². The number of rotatable bonds is 7. The van der Waals surface area contributed by atoms with E-state index in [0.717, 1.165) is 13.1 Å². The molecule has 0 aromatic heterocycles. The highest BCUT2D eigenvalue weighted by atomic mass is 16.6. The molecule has 1 rings (SSSR count). The fourth-order valence-corrected chi connectivity index (χ4v) is 1.47. The van der Waals surface area contributed by atoms with Crippen LogP contribution in [0.2, 0.25) is 0 Å². The largest absolute Gasteiger partial charge is 0.479 e. The molecule has 1 atom stereocenters. The highest BCUT2D eigenvalue weighted by Gasteiger charge is 2.15. The van der Waals surface area contributed by atoms with Gasteiger partial charge in [-0.05, 0) is 38.1 Å². The molecule has 0 fully saturated rings. The lowest BCUT2D eigenvalue weighted by atomic mass is 10.2. The summed E-state index contributed by atoms with van der Waals surface area (Å²) in [6.07, 6.45) is -0.579. The van der Waals surface area contributed by atoms with Gasteiger partial charge >= 0.3 is 5.97 Å². The Labute approximate surface area is 108 Å². The van der Waals surface area contributed by atoms with E-state index in [2.05, 4.69) is 12.2 Å². The van der Waals surface area contributed by atoms with Crippen LogP contribution < -0.4 is 10.1 Å². The zero-order valence-corrected chi connectivity index (χ0v) is 11.2. The molecule has 4 nitrogen and oxygen atoms in total. The summed E-state index contributed by atoms with van der Waals surface area (Å²) >= 11 is 0. The molecule has 100 valence electrons. The van der Waals surface area contributed by atoms with Crippen molar-refractivity contribution < 1.29 is 14.3 Å². The van der Waals surface area contributed by atoms with Crippen molar-refractivity contribution >= 4 is 5.97 Å². The second kappa shape index (κ2) is 7.71. The molecule has 1 aromatic rings. The van der Waals surface area contributed by atoms with Crippen LogP contribution in [-0.2, 0) is 16.1 Å². The third-order valence-electron chi connectivity index (χ3n) is 2.43. The van der Waals surface area contributed by atoms with Crippen LogP contribution in [-0.4, -0.2) is 25.2 Å². The minimum Gasteiger partial charge on any atom is -0.479 e. The van der Waals surface area contributed by atoms with Gasteiger partial charge in [-0.25, -0.2) is 4.79 Å². The first kappa shape index (κ1) is 14.5. The Morgan fingerprint density at radius 2 is 1.94 bits per heavy atom. The summed E-state index contributed by atoms with van der Waals surface area (Å²) in [6.45, 7) is 7.68. The van der Waals surface area contributed by atoms with Gasteiger partial charge in [0, 0.05) is 6.54 Å². The Hall–Kier alpha value is -1.55. The second-order valence-corrected chi connectivity index (χ2v) is 3.94. The molecule has 0 aliphatic rings. The van der Waals surface area contributed by atoms with E-state index < -0.39 is 6.10 Å². The van der Waals surface area contributed by atoms with E-state index in [1.807, 2.05) is 24.3 Å². The molecule has 1 aromatic carbocycles. The number of ether oxygens (including phenoxy) is 2. The molecule has 0 bridgehead atoms. The van der Waals surface area contributed by atoms with Crippen LogP contribution in [0.1, 0.15) is 26.3 Å². The van der Waals surface area contributed by atoms with Crippen LogP contribution in [0.5, 0.6) is 5.75 Å². The zero-order valence-electron chi connectivity index (χ0n) is 11.2. The van der Waals surface area contributed by atoms with Crippen LogP contribution in [0.15, 0.2) is 24.3 Å². The van der Waals surface area contributed by atoms with Crippen LogP contribution in [0, 0.1) is 0 Å². The summed E-state index contributed by atoms with van der Waals surface area (Å²) in [7, 11) is 0. The summed E-state index contributed by atoms with van der Waals surface area (Å²) in [5, 5.41) is 3.24. The molecule has 0 heterocycles. The normalized spacial score (nSPS) is 11.9. The van der Waals surface area contributed by atoms with Crippen molar-refractivity contribution in [2.75, 3.05) is 13.2 Å². The number of carbonyl (C=O) groups is 1. The van der Waals surface area contributed by atoms with Crippen molar-refractivity contribution in [3.8, 4) is 5.75 Å². The van der Waals surface area contributed by atoms with Gasteiger partial charge in [-0.2, -0.15) is 0 Å². The molecule has 1 unspecified atom stereocenters. The molecule has 0 amide bonds. The van der Waals surface area contributed by atoms with Gasteiger partial charge in [0.25, 0.3) is 0 Å². The zero-order chi connectivity index (χ0) is 13.4. The maximum atomic E-state index is 11.4. The van der Waals surface area contributed by atoms with Gasteiger partial charge in [-0.15, -0.1) is 0 Å². The molecule has 0 aliphatic heterocycles. The summed E-state index contributed by atoms with van der Waals surface area (Å²) in [5.74, 6) is 0.338. The predicted octanol–water partition coefficient (Wildman–Crippen LogP) is 2.13. The lowest BCUT2D eigenvalue weighted by Gasteiger charge is -2.13. The van der Waals surface area contributed by atoms with Gasteiger partial charge in [0.2, 0.25) is 0 Å². The number of esters is 1. The maximum Gasteiger partial charge on any atom is 0.347 e. The Morgan fingerprint density at radius 3 is 2.50 bits per heavy atom. The molecule has 1 N–H and O–H groups in total. The average Bonchev–Trinajstić information content (AvgIpc) is 2.38. The molecule has 0 saturated heterocycles. The third-order valence-corrected chi connectivity index (χ3v) is 2.43.